The fraction of sp³-hybridized carbons (Fsp3) is 0.933. The van der Waals surface area contributed by atoms with E-state index in [0.717, 1.165) is 32.9 Å². The Morgan fingerprint density at radius 1 is 1.16 bits per heavy atom. The summed E-state index contributed by atoms with van der Waals surface area (Å²) < 4.78 is 26.5. The van der Waals surface area contributed by atoms with Gasteiger partial charge in [0.1, 0.15) is 19.7 Å². The molecule has 4 N–H and O–H groups in total. The van der Waals surface area contributed by atoms with E-state index in [1.165, 1.54) is 0 Å². The summed E-state index contributed by atoms with van der Waals surface area (Å²) in [6, 6.07) is 0. The quantitative estimate of drug-likeness (QED) is 0.201. The summed E-state index contributed by atoms with van der Waals surface area (Å²) in [5.74, 6) is 0.0421. The molecule has 0 aromatic heterocycles. The fourth-order valence-corrected chi connectivity index (χ4v) is 2.36. The highest BCUT2D eigenvalue weighted by atomic mass is 31.2. The second-order valence-corrected chi connectivity index (χ2v) is 7.99. The highest BCUT2D eigenvalue weighted by Gasteiger charge is 2.21. The Balaban J connectivity index is 3.62. The number of phosphoric acid groups is 1. The third-order valence-corrected chi connectivity index (χ3v) is 4.67. The van der Waals surface area contributed by atoms with Crippen molar-refractivity contribution in [2.75, 3.05) is 67.2 Å². The maximum Gasteiger partial charge on any atom is 0.472 e. The number of hydrogen-bond acceptors (Lipinski definition) is 6. The monoisotopic (exact) mass is 384 g/mol. The predicted molar refractivity (Wildman–Crippen MR) is 96.0 cm³/mol. The fourth-order valence-electron chi connectivity index (χ4n) is 1.94. The highest BCUT2D eigenvalue weighted by molar-refractivity contribution is 7.47. The Labute approximate surface area is 151 Å². The second-order valence-electron chi connectivity index (χ2n) is 6.43. The van der Waals surface area contributed by atoms with Gasteiger partial charge in [-0.2, -0.15) is 0 Å². The summed E-state index contributed by atoms with van der Waals surface area (Å²) in [6.07, 6.45) is 3.33. The number of phosphoric ester groups is 1. The molecule has 9 nitrogen and oxygen atoms in total. The van der Waals surface area contributed by atoms with Crippen molar-refractivity contribution in [1.29, 1.82) is 0 Å². The van der Waals surface area contributed by atoms with Crippen LogP contribution in [0.4, 0.5) is 0 Å². The van der Waals surface area contributed by atoms with Gasteiger partial charge in [0.15, 0.2) is 0 Å². The molecule has 1 unspecified atom stereocenters. The first-order valence-corrected chi connectivity index (χ1v) is 10.1. The summed E-state index contributed by atoms with van der Waals surface area (Å²) in [4.78, 5) is 20.7. The molecule has 25 heavy (non-hydrogen) atoms. The van der Waals surface area contributed by atoms with E-state index in [9.17, 15) is 9.36 Å². The number of carbonyl (C=O) groups is 1. The van der Waals surface area contributed by atoms with Crippen LogP contribution in [0, 0.1) is 0 Å². The predicted octanol–water partition coefficient (Wildman–Crippen LogP) is 0.478. The second kappa shape index (κ2) is 13.6. The van der Waals surface area contributed by atoms with Gasteiger partial charge in [-0.25, -0.2) is 4.57 Å². The molecular weight excluding hydrogens is 349 g/mol. The number of rotatable bonds is 16. The molecular formula is C15H35N3O6P+. The van der Waals surface area contributed by atoms with Crippen LogP contribution in [0.15, 0.2) is 0 Å². The van der Waals surface area contributed by atoms with Crippen molar-refractivity contribution in [2.45, 2.75) is 25.7 Å². The SMILES string of the molecule is COP(=O)(O)OCC[N+](C)(C)CCOCCNC(=O)CCCCCN. The Morgan fingerprint density at radius 3 is 2.48 bits per heavy atom. The Hall–Kier alpha value is -0.540. The number of nitrogens with one attached hydrogen (secondary N) is 1. The lowest BCUT2D eigenvalue weighted by Crippen LogP contribution is -2.44. The lowest BCUT2D eigenvalue weighted by molar-refractivity contribution is -0.890. The number of quaternary nitrogens is 1. The first kappa shape index (κ1) is 24.5. The summed E-state index contributed by atoms with van der Waals surface area (Å²) in [5.41, 5.74) is 5.40. The number of nitrogens with zero attached hydrogens (tertiary/aromatic N) is 1. The van der Waals surface area contributed by atoms with Gasteiger partial charge in [-0.1, -0.05) is 6.42 Å². The molecule has 0 spiro atoms. The van der Waals surface area contributed by atoms with Gasteiger partial charge in [0.2, 0.25) is 5.91 Å². The van der Waals surface area contributed by atoms with Crippen LogP contribution >= 0.6 is 7.82 Å². The van der Waals surface area contributed by atoms with E-state index < -0.39 is 7.82 Å². The molecule has 150 valence electrons. The summed E-state index contributed by atoms with van der Waals surface area (Å²) >= 11 is 0. The normalized spacial score (nSPS) is 14.3. The first-order valence-electron chi connectivity index (χ1n) is 8.62. The van der Waals surface area contributed by atoms with Crippen LogP contribution in [-0.2, 0) is 23.1 Å². The van der Waals surface area contributed by atoms with E-state index in [0.29, 0.717) is 43.8 Å². The maximum absolute atomic E-state index is 11.6. The number of unbranched alkanes of at least 4 members (excludes halogenated alkanes) is 2. The average molecular weight is 384 g/mol. The molecule has 0 radical (unpaired) electrons. The van der Waals surface area contributed by atoms with Gasteiger partial charge >= 0.3 is 7.82 Å². The zero-order chi connectivity index (χ0) is 19.2. The van der Waals surface area contributed by atoms with Crippen molar-refractivity contribution in [3.05, 3.63) is 0 Å². The van der Waals surface area contributed by atoms with Gasteiger partial charge < -0.3 is 25.2 Å². The first-order chi connectivity index (χ1) is 11.7. The number of ether oxygens (including phenoxy) is 1. The maximum atomic E-state index is 11.6. The van der Waals surface area contributed by atoms with Gasteiger partial charge in [0, 0.05) is 20.1 Å². The zero-order valence-corrected chi connectivity index (χ0v) is 16.6. The number of carbonyl (C=O) groups excluding carboxylic acids is 1. The number of hydrogen-bond donors (Lipinski definition) is 3. The lowest BCUT2D eigenvalue weighted by Gasteiger charge is -2.29. The molecule has 0 aliphatic heterocycles. The smallest absolute Gasteiger partial charge is 0.374 e. The van der Waals surface area contributed by atoms with E-state index in [1.807, 2.05) is 14.1 Å². The number of amides is 1. The third-order valence-electron chi connectivity index (χ3n) is 3.70. The van der Waals surface area contributed by atoms with Crippen LogP contribution in [0.25, 0.3) is 0 Å². The molecule has 0 aromatic rings. The van der Waals surface area contributed by atoms with Gasteiger partial charge in [0.25, 0.3) is 0 Å². The molecule has 0 bridgehead atoms. The molecule has 0 saturated heterocycles. The minimum atomic E-state index is -3.91. The number of likely N-dealkylation sites (N-methyl/N-ethyl adjacent to an activating group) is 1. The molecule has 0 saturated carbocycles. The van der Waals surface area contributed by atoms with Crippen LogP contribution in [-0.4, -0.2) is 82.5 Å². The van der Waals surface area contributed by atoms with Gasteiger partial charge in [-0.3, -0.25) is 13.8 Å². The van der Waals surface area contributed by atoms with Crippen LogP contribution in [0.5, 0.6) is 0 Å². The Kier molecular flexibility index (Phi) is 13.3. The van der Waals surface area contributed by atoms with Crippen LogP contribution in [0.1, 0.15) is 25.7 Å². The molecule has 1 amide bonds. The van der Waals surface area contributed by atoms with Crippen molar-refractivity contribution < 1.29 is 32.5 Å². The minimum Gasteiger partial charge on any atom is -0.374 e. The summed E-state index contributed by atoms with van der Waals surface area (Å²) in [6.45, 7) is 3.54. The van der Waals surface area contributed by atoms with Gasteiger partial charge in [-0.05, 0) is 19.4 Å². The van der Waals surface area contributed by atoms with E-state index in [4.69, 9.17) is 19.9 Å². The van der Waals surface area contributed by atoms with Crippen molar-refractivity contribution >= 4 is 13.7 Å². The van der Waals surface area contributed by atoms with Crippen molar-refractivity contribution in [3.63, 3.8) is 0 Å². The average Bonchev–Trinajstić information content (AvgIpc) is 2.54. The number of nitrogens with two attached hydrogens (primary N) is 1. The third kappa shape index (κ3) is 15.4. The van der Waals surface area contributed by atoms with Gasteiger partial charge in [-0.15, -0.1) is 0 Å². The molecule has 10 heteroatoms. The van der Waals surface area contributed by atoms with E-state index in [1.54, 1.807) is 0 Å². The van der Waals surface area contributed by atoms with Gasteiger partial charge in [0.05, 0.1) is 27.3 Å². The largest absolute Gasteiger partial charge is 0.472 e. The molecule has 0 aromatic carbocycles. The van der Waals surface area contributed by atoms with E-state index >= 15 is 0 Å². The van der Waals surface area contributed by atoms with Crippen LogP contribution in [0.2, 0.25) is 0 Å². The Bertz CT molecular complexity index is 409. The highest BCUT2D eigenvalue weighted by Crippen LogP contribution is 2.41. The van der Waals surface area contributed by atoms with Crippen molar-refractivity contribution in [2.24, 2.45) is 5.73 Å². The summed E-state index contributed by atoms with van der Waals surface area (Å²) in [7, 11) is 1.18. The van der Waals surface area contributed by atoms with Crippen LogP contribution in [0.3, 0.4) is 0 Å². The molecule has 0 heterocycles. The summed E-state index contributed by atoms with van der Waals surface area (Å²) in [5, 5.41) is 2.82. The standard InChI is InChI=1S/C15H34N3O6P/c1-18(2,11-14-24-25(20,21)22-3)10-13-23-12-9-17-15(19)7-5-4-6-8-16/h4-14,16H2,1-3H3,(H-,17,19,20,21)/p+1. The molecule has 0 aliphatic carbocycles. The molecule has 0 aliphatic rings. The minimum absolute atomic E-state index is 0.0421. The van der Waals surface area contributed by atoms with Crippen molar-refractivity contribution in [1.82, 2.24) is 5.32 Å². The molecule has 0 rings (SSSR count). The topological polar surface area (TPSA) is 120 Å². The Morgan fingerprint density at radius 2 is 1.84 bits per heavy atom. The van der Waals surface area contributed by atoms with E-state index in [-0.39, 0.29) is 12.5 Å². The zero-order valence-electron chi connectivity index (χ0n) is 15.7. The van der Waals surface area contributed by atoms with E-state index in [2.05, 4.69) is 9.84 Å². The van der Waals surface area contributed by atoms with Crippen LogP contribution < -0.4 is 11.1 Å². The van der Waals surface area contributed by atoms with Crippen molar-refractivity contribution in [3.8, 4) is 0 Å². The molecule has 1 atom stereocenters. The lowest BCUT2D eigenvalue weighted by atomic mass is 10.2. The molecule has 0 fully saturated rings.